The summed E-state index contributed by atoms with van der Waals surface area (Å²) in [6, 6.07) is 2.50. The minimum absolute atomic E-state index is 0.295. The standard InChI is InChI=1S/C14H22N4S/c1-4-6-15-12(10-14-16-7-8-19-14)13-9-11(5-2)17-18(13)3/h7-9,12,15H,4-6,10H2,1-3H3. The molecule has 1 atom stereocenters. The third-order valence-electron chi connectivity index (χ3n) is 3.19. The fraction of sp³-hybridized carbons (Fsp3) is 0.571. The van der Waals surface area contributed by atoms with E-state index in [9.17, 15) is 0 Å². The molecule has 5 heteroatoms. The molecule has 0 amide bonds. The lowest BCUT2D eigenvalue weighted by atomic mass is 10.1. The molecule has 0 aliphatic heterocycles. The van der Waals surface area contributed by atoms with E-state index in [4.69, 9.17) is 0 Å². The van der Waals surface area contributed by atoms with Gasteiger partial charge in [0.25, 0.3) is 0 Å². The van der Waals surface area contributed by atoms with Crippen molar-refractivity contribution in [2.45, 2.75) is 39.2 Å². The molecule has 0 fully saturated rings. The van der Waals surface area contributed by atoms with Crippen molar-refractivity contribution in [2.75, 3.05) is 6.54 Å². The number of nitrogens with zero attached hydrogens (tertiary/aromatic N) is 3. The smallest absolute Gasteiger partial charge is 0.0944 e. The molecule has 2 rings (SSSR count). The minimum atomic E-state index is 0.295. The molecule has 19 heavy (non-hydrogen) atoms. The van der Waals surface area contributed by atoms with Crippen LogP contribution in [-0.2, 0) is 19.9 Å². The minimum Gasteiger partial charge on any atom is -0.308 e. The van der Waals surface area contributed by atoms with Crippen molar-refractivity contribution in [1.29, 1.82) is 0 Å². The fourth-order valence-corrected chi connectivity index (χ4v) is 2.83. The Labute approximate surface area is 118 Å². The van der Waals surface area contributed by atoms with Crippen LogP contribution >= 0.6 is 11.3 Å². The lowest BCUT2D eigenvalue weighted by Crippen LogP contribution is -2.26. The van der Waals surface area contributed by atoms with Gasteiger partial charge in [-0.05, 0) is 25.5 Å². The zero-order valence-corrected chi connectivity index (χ0v) is 12.7. The quantitative estimate of drug-likeness (QED) is 0.847. The molecule has 0 spiro atoms. The van der Waals surface area contributed by atoms with E-state index in [0.717, 1.165) is 31.5 Å². The lowest BCUT2D eigenvalue weighted by Gasteiger charge is -2.17. The Hall–Kier alpha value is -1.20. The fourth-order valence-electron chi connectivity index (χ4n) is 2.17. The van der Waals surface area contributed by atoms with E-state index in [-0.39, 0.29) is 0 Å². The molecule has 0 saturated heterocycles. The highest BCUT2D eigenvalue weighted by Gasteiger charge is 2.17. The van der Waals surface area contributed by atoms with Gasteiger partial charge in [-0.1, -0.05) is 13.8 Å². The highest BCUT2D eigenvalue weighted by Crippen LogP contribution is 2.20. The highest BCUT2D eigenvalue weighted by atomic mass is 32.1. The molecule has 1 unspecified atom stereocenters. The van der Waals surface area contributed by atoms with E-state index < -0.39 is 0 Å². The number of rotatable bonds is 7. The van der Waals surface area contributed by atoms with Crippen LogP contribution in [0.2, 0.25) is 0 Å². The van der Waals surface area contributed by atoms with E-state index in [2.05, 4.69) is 35.3 Å². The van der Waals surface area contributed by atoms with Crippen LogP contribution in [0.15, 0.2) is 17.6 Å². The monoisotopic (exact) mass is 278 g/mol. The summed E-state index contributed by atoms with van der Waals surface area (Å²) in [5.41, 5.74) is 2.40. The third-order valence-corrected chi connectivity index (χ3v) is 3.99. The van der Waals surface area contributed by atoms with Crippen LogP contribution in [0.1, 0.15) is 42.7 Å². The number of nitrogens with one attached hydrogen (secondary N) is 1. The molecular formula is C14H22N4S. The van der Waals surface area contributed by atoms with Crippen LogP contribution < -0.4 is 5.32 Å². The molecule has 0 aliphatic rings. The van der Waals surface area contributed by atoms with Crippen molar-refractivity contribution in [3.63, 3.8) is 0 Å². The molecule has 0 radical (unpaired) electrons. The van der Waals surface area contributed by atoms with Crippen LogP contribution in [0.3, 0.4) is 0 Å². The predicted molar refractivity (Wildman–Crippen MR) is 79.4 cm³/mol. The molecule has 0 saturated carbocycles. The van der Waals surface area contributed by atoms with Crippen molar-refractivity contribution in [1.82, 2.24) is 20.1 Å². The Morgan fingerprint density at radius 3 is 2.84 bits per heavy atom. The summed E-state index contributed by atoms with van der Waals surface area (Å²) in [5, 5.41) is 11.4. The normalized spacial score (nSPS) is 12.8. The number of aromatic nitrogens is 3. The van der Waals surface area contributed by atoms with Crippen LogP contribution in [0.4, 0.5) is 0 Å². The molecule has 1 N–H and O–H groups in total. The first-order valence-corrected chi connectivity index (χ1v) is 7.77. The zero-order valence-electron chi connectivity index (χ0n) is 11.9. The summed E-state index contributed by atoms with van der Waals surface area (Å²) >= 11 is 1.72. The Morgan fingerprint density at radius 1 is 1.42 bits per heavy atom. The number of hydrogen-bond acceptors (Lipinski definition) is 4. The van der Waals surface area contributed by atoms with E-state index in [1.165, 1.54) is 10.7 Å². The maximum absolute atomic E-state index is 4.55. The van der Waals surface area contributed by atoms with Gasteiger partial charge in [-0.25, -0.2) is 4.98 Å². The van der Waals surface area contributed by atoms with Gasteiger partial charge >= 0.3 is 0 Å². The largest absolute Gasteiger partial charge is 0.308 e. The second-order valence-corrected chi connectivity index (χ2v) is 5.65. The average molecular weight is 278 g/mol. The van der Waals surface area contributed by atoms with Crippen molar-refractivity contribution in [3.8, 4) is 0 Å². The van der Waals surface area contributed by atoms with Crippen molar-refractivity contribution < 1.29 is 0 Å². The summed E-state index contributed by atoms with van der Waals surface area (Å²) in [7, 11) is 2.02. The Morgan fingerprint density at radius 2 is 2.26 bits per heavy atom. The van der Waals surface area contributed by atoms with Crippen LogP contribution in [0.5, 0.6) is 0 Å². The molecule has 2 heterocycles. The highest BCUT2D eigenvalue weighted by molar-refractivity contribution is 7.09. The summed E-state index contributed by atoms with van der Waals surface area (Å²) in [6.45, 7) is 5.35. The van der Waals surface area contributed by atoms with Gasteiger partial charge in [0, 0.05) is 25.0 Å². The van der Waals surface area contributed by atoms with Crippen molar-refractivity contribution in [2.24, 2.45) is 7.05 Å². The van der Waals surface area contributed by atoms with Gasteiger partial charge in [0.1, 0.15) is 0 Å². The van der Waals surface area contributed by atoms with Crippen LogP contribution in [0, 0.1) is 0 Å². The topological polar surface area (TPSA) is 42.7 Å². The van der Waals surface area contributed by atoms with Gasteiger partial charge in [-0.2, -0.15) is 5.10 Å². The van der Waals surface area contributed by atoms with Gasteiger partial charge in [0.2, 0.25) is 0 Å². The number of aryl methyl sites for hydroxylation is 2. The molecule has 2 aromatic rings. The second kappa shape index (κ2) is 6.82. The van der Waals surface area contributed by atoms with E-state index in [1.54, 1.807) is 11.3 Å². The van der Waals surface area contributed by atoms with Gasteiger partial charge in [-0.15, -0.1) is 11.3 Å². The Kier molecular flexibility index (Phi) is 5.10. The lowest BCUT2D eigenvalue weighted by molar-refractivity contribution is 0.492. The third kappa shape index (κ3) is 3.64. The van der Waals surface area contributed by atoms with Gasteiger partial charge < -0.3 is 5.32 Å². The SMILES string of the molecule is CCCNC(Cc1nccs1)c1cc(CC)nn1C. The molecule has 0 aromatic carbocycles. The van der Waals surface area contributed by atoms with Crippen molar-refractivity contribution in [3.05, 3.63) is 34.0 Å². The Balaban J connectivity index is 2.17. The number of hydrogen-bond donors (Lipinski definition) is 1. The summed E-state index contributed by atoms with van der Waals surface area (Å²) in [4.78, 5) is 4.40. The summed E-state index contributed by atoms with van der Waals surface area (Å²) in [5.74, 6) is 0. The molecule has 104 valence electrons. The summed E-state index contributed by atoms with van der Waals surface area (Å²) < 4.78 is 2.00. The molecule has 0 aliphatic carbocycles. The van der Waals surface area contributed by atoms with Gasteiger partial charge in [-0.3, -0.25) is 4.68 Å². The maximum atomic E-state index is 4.55. The molecule has 4 nitrogen and oxygen atoms in total. The molecule has 0 bridgehead atoms. The van der Waals surface area contributed by atoms with Crippen molar-refractivity contribution >= 4 is 11.3 Å². The maximum Gasteiger partial charge on any atom is 0.0944 e. The van der Waals surface area contributed by atoms with Crippen LogP contribution in [-0.4, -0.2) is 21.3 Å². The molecule has 2 aromatic heterocycles. The second-order valence-electron chi connectivity index (χ2n) is 4.67. The molecular weight excluding hydrogens is 256 g/mol. The van der Waals surface area contributed by atoms with Gasteiger partial charge in [0.05, 0.1) is 22.4 Å². The average Bonchev–Trinajstić information content (AvgIpc) is 3.03. The predicted octanol–water partition coefficient (Wildman–Crippen LogP) is 2.72. The zero-order chi connectivity index (χ0) is 13.7. The summed E-state index contributed by atoms with van der Waals surface area (Å²) in [6.07, 6.45) is 4.91. The van der Waals surface area contributed by atoms with E-state index >= 15 is 0 Å². The Bertz CT molecular complexity index is 490. The first kappa shape index (κ1) is 14.2. The number of thiazole rings is 1. The van der Waals surface area contributed by atoms with E-state index in [0.29, 0.717) is 6.04 Å². The van der Waals surface area contributed by atoms with E-state index in [1.807, 2.05) is 23.3 Å². The van der Waals surface area contributed by atoms with Crippen LogP contribution in [0.25, 0.3) is 0 Å². The van der Waals surface area contributed by atoms with Gasteiger partial charge in [0.15, 0.2) is 0 Å². The first-order chi connectivity index (χ1) is 9.24. The first-order valence-electron chi connectivity index (χ1n) is 6.89.